The lowest BCUT2D eigenvalue weighted by Crippen LogP contribution is -2.42. The minimum absolute atomic E-state index is 0.0706. The summed E-state index contributed by atoms with van der Waals surface area (Å²) in [5.41, 5.74) is 4.17. The molecule has 1 amide bonds. The number of carbonyl (C=O) groups is 1. The van der Waals surface area contributed by atoms with Crippen molar-refractivity contribution < 1.29 is 17.9 Å². The molecule has 3 aromatic heterocycles. The second-order valence-electron chi connectivity index (χ2n) is 9.87. The number of nitrogens with one attached hydrogen (secondary N) is 2. The van der Waals surface area contributed by atoms with Gasteiger partial charge < -0.3 is 15.0 Å². The second kappa shape index (κ2) is 12.4. The van der Waals surface area contributed by atoms with Crippen molar-refractivity contribution in [3.8, 4) is 0 Å². The molecule has 0 aliphatic heterocycles. The van der Waals surface area contributed by atoms with E-state index in [1.165, 1.54) is 11.4 Å². The molecule has 11 heteroatoms. The lowest BCUT2D eigenvalue weighted by atomic mass is 10.0. The highest BCUT2D eigenvalue weighted by atomic mass is 32.2. The normalized spacial score (nSPS) is 12.7. The molecular weight excluding hydrogens is 516 g/mol. The average molecular weight is 551 g/mol. The average Bonchev–Trinajstić information content (AvgIpc) is 3.31. The lowest BCUT2D eigenvalue weighted by molar-refractivity contribution is 0.115. The molecule has 2 N–H and O–H groups in total. The third-order valence-corrected chi connectivity index (χ3v) is 8.30. The van der Waals surface area contributed by atoms with Gasteiger partial charge in [0.2, 0.25) is 10.0 Å². The highest BCUT2D eigenvalue weighted by Gasteiger charge is 2.29. The van der Waals surface area contributed by atoms with Gasteiger partial charge in [-0.1, -0.05) is 32.0 Å². The van der Waals surface area contributed by atoms with E-state index in [2.05, 4.69) is 25.3 Å². The van der Waals surface area contributed by atoms with Crippen LogP contribution in [0.5, 0.6) is 0 Å². The quantitative estimate of drug-likeness (QED) is 0.286. The van der Waals surface area contributed by atoms with Gasteiger partial charge in [0.05, 0.1) is 34.4 Å². The van der Waals surface area contributed by atoms with Crippen LogP contribution in [0.4, 0.5) is 4.79 Å². The maximum absolute atomic E-state index is 13.5. The Labute approximate surface area is 228 Å². The highest BCUT2D eigenvalue weighted by Crippen LogP contribution is 2.23. The number of imidazole rings is 1. The Kier molecular flexibility index (Phi) is 8.93. The number of pyridine rings is 2. The Balaban J connectivity index is 1.42. The number of alkyl carbamates (subject to hydrolysis) is 1. The maximum Gasteiger partial charge on any atom is 0.407 e. The first-order valence-corrected chi connectivity index (χ1v) is 14.2. The smallest absolute Gasteiger partial charge is 0.407 e. The molecule has 1 aromatic carbocycles. The fraction of sp³-hybridized carbons (Fsp3) is 0.357. The van der Waals surface area contributed by atoms with Gasteiger partial charge in [0, 0.05) is 25.9 Å². The van der Waals surface area contributed by atoms with Crippen molar-refractivity contribution >= 4 is 27.1 Å². The summed E-state index contributed by atoms with van der Waals surface area (Å²) in [6.45, 7) is 6.04. The summed E-state index contributed by atoms with van der Waals surface area (Å²) in [5, 5.41) is 2.65. The van der Waals surface area contributed by atoms with E-state index in [-0.39, 0.29) is 24.0 Å². The number of amides is 1. The van der Waals surface area contributed by atoms with Crippen LogP contribution in [0.3, 0.4) is 0 Å². The number of nitrogens with zero attached hydrogens (tertiary/aromatic N) is 4. The molecule has 10 nitrogen and oxygen atoms in total. The predicted octanol–water partition coefficient (Wildman–Crippen LogP) is 4.21. The third-order valence-electron chi connectivity index (χ3n) is 6.37. The van der Waals surface area contributed by atoms with Crippen LogP contribution in [0.1, 0.15) is 43.0 Å². The summed E-state index contributed by atoms with van der Waals surface area (Å²) in [7, 11) is -2.31. The van der Waals surface area contributed by atoms with Gasteiger partial charge in [-0.25, -0.2) is 18.2 Å². The number of rotatable bonds is 11. The third kappa shape index (κ3) is 7.18. The monoisotopic (exact) mass is 550 g/mol. The number of H-pyrrole nitrogens is 1. The van der Waals surface area contributed by atoms with Crippen molar-refractivity contribution in [2.45, 2.75) is 51.1 Å². The van der Waals surface area contributed by atoms with Crippen LogP contribution in [0.15, 0.2) is 65.8 Å². The van der Waals surface area contributed by atoms with Crippen molar-refractivity contribution in [1.29, 1.82) is 0 Å². The molecule has 0 fully saturated rings. The SMILES string of the molecule is Cc1nc2c(Cc3ccc(S(=O)(=O)N(C)[C@H](COC(=O)NCc4ccccn4)CC(C)C)cc3)nccc2[nH]1. The Hall–Kier alpha value is -3.83. The Bertz CT molecular complexity index is 1500. The summed E-state index contributed by atoms with van der Waals surface area (Å²) in [6, 6.07) is 13.6. The number of aromatic nitrogens is 4. The molecule has 39 heavy (non-hydrogen) atoms. The van der Waals surface area contributed by atoms with Crippen LogP contribution >= 0.6 is 0 Å². The number of hydrogen-bond acceptors (Lipinski definition) is 7. The number of aromatic amines is 1. The molecule has 4 rings (SSSR count). The molecular formula is C28H34N6O4S. The van der Waals surface area contributed by atoms with Gasteiger partial charge in [-0.2, -0.15) is 4.31 Å². The van der Waals surface area contributed by atoms with Gasteiger partial charge in [-0.15, -0.1) is 0 Å². The minimum atomic E-state index is -3.83. The molecule has 0 spiro atoms. The van der Waals surface area contributed by atoms with Crippen molar-refractivity contribution in [2.24, 2.45) is 5.92 Å². The van der Waals surface area contributed by atoms with E-state index in [0.29, 0.717) is 18.5 Å². The van der Waals surface area contributed by atoms with Gasteiger partial charge in [0.15, 0.2) is 0 Å². The Morgan fingerprint density at radius 3 is 2.54 bits per heavy atom. The van der Waals surface area contributed by atoms with Gasteiger partial charge in [0.1, 0.15) is 17.9 Å². The zero-order valence-corrected chi connectivity index (χ0v) is 23.4. The summed E-state index contributed by atoms with van der Waals surface area (Å²) in [6.07, 6.45) is 3.80. The van der Waals surface area contributed by atoms with Gasteiger partial charge in [-0.05, 0) is 55.2 Å². The Morgan fingerprint density at radius 1 is 1.08 bits per heavy atom. The van der Waals surface area contributed by atoms with Crippen LogP contribution in [-0.2, 0) is 27.7 Å². The first-order valence-electron chi connectivity index (χ1n) is 12.8. The summed E-state index contributed by atoms with van der Waals surface area (Å²) >= 11 is 0. The number of ether oxygens (including phenoxy) is 1. The van der Waals surface area contributed by atoms with E-state index in [1.807, 2.05) is 32.9 Å². The molecule has 0 aliphatic rings. The van der Waals surface area contributed by atoms with E-state index in [9.17, 15) is 13.2 Å². The second-order valence-corrected chi connectivity index (χ2v) is 11.9. The lowest BCUT2D eigenvalue weighted by Gasteiger charge is -2.28. The van der Waals surface area contributed by atoms with Crippen molar-refractivity contribution in [2.75, 3.05) is 13.7 Å². The molecule has 4 aromatic rings. The van der Waals surface area contributed by atoms with Crippen LogP contribution in [0, 0.1) is 12.8 Å². The van der Waals surface area contributed by atoms with E-state index in [0.717, 1.165) is 28.1 Å². The van der Waals surface area contributed by atoms with Gasteiger partial charge in [-0.3, -0.25) is 9.97 Å². The highest BCUT2D eigenvalue weighted by molar-refractivity contribution is 7.89. The maximum atomic E-state index is 13.5. The number of sulfonamides is 1. The fourth-order valence-electron chi connectivity index (χ4n) is 4.33. The first kappa shape index (κ1) is 28.2. The number of hydrogen-bond donors (Lipinski definition) is 2. The van der Waals surface area contributed by atoms with Crippen LogP contribution in [-0.4, -0.2) is 58.4 Å². The van der Waals surface area contributed by atoms with Crippen molar-refractivity contribution in [1.82, 2.24) is 29.6 Å². The summed E-state index contributed by atoms with van der Waals surface area (Å²) in [4.78, 5) is 28.8. The number of carbonyl (C=O) groups excluding carboxylic acids is 1. The van der Waals surface area contributed by atoms with E-state index >= 15 is 0 Å². The van der Waals surface area contributed by atoms with E-state index in [4.69, 9.17) is 4.74 Å². The van der Waals surface area contributed by atoms with E-state index in [1.54, 1.807) is 48.8 Å². The molecule has 206 valence electrons. The number of fused-ring (bicyclic) bond motifs is 1. The molecule has 0 radical (unpaired) electrons. The topological polar surface area (TPSA) is 130 Å². The van der Waals surface area contributed by atoms with Crippen LogP contribution in [0.2, 0.25) is 0 Å². The van der Waals surface area contributed by atoms with Gasteiger partial charge in [0.25, 0.3) is 0 Å². The number of likely N-dealkylation sites (N-methyl/N-ethyl adjacent to an activating group) is 1. The predicted molar refractivity (Wildman–Crippen MR) is 148 cm³/mol. The molecule has 0 saturated carbocycles. The van der Waals surface area contributed by atoms with Gasteiger partial charge >= 0.3 is 6.09 Å². The molecule has 3 heterocycles. The van der Waals surface area contributed by atoms with Crippen molar-refractivity contribution in [3.63, 3.8) is 0 Å². The number of aryl methyl sites for hydroxylation is 1. The van der Waals surface area contributed by atoms with E-state index < -0.39 is 22.2 Å². The van der Waals surface area contributed by atoms with Crippen LogP contribution in [0.25, 0.3) is 11.0 Å². The minimum Gasteiger partial charge on any atom is -0.448 e. The standard InChI is InChI=1S/C28H34N6O4S/c1-19(2)15-23(18-38-28(35)31-17-22-7-5-6-13-29-22)34(4)39(36,37)24-10-8-21(9-11-24)16-26-27-25(12-14-30-26)32-20(3)33-27/h5-14,19,23H,15-18H2,1-4H3,(H,31,35)(H,32,33)/t23-/m0/s1. The zero-order chi connectivity index (χ0) is 28.0. The first-order chi connectivity index (χ1) is 18.6. The fourth-order valence-corrected chi connectivity index (χ4v) is 5.68. The molecule has 0 saturated heterocycles. The van der Waals surface area contributed by atoms with Crippen molar-refractivity contribution in [3.05, 3.63) is 83.7 Å². The van der Waals surface area contributed by atoms with Crippen LogP contribution < -0.4 is 5.32 Å². The Morgan fingerprint density at radius 2 is 1.85 bits per heavy atom. The molecule has 0 bridgehead atoms. The summed E-state index contributed by atoms with van der Waals surface area (Å²) in [5.74, 6) is 1.01. The molecule has 1 atom stereocenters. The molecule has 0 unspecified atom stereocenters. The largest absolute Gasteiger partial charge is 0.448 e. The molecule has 0 aliphatic carbocycles. The summed E-state index contributed by atoms with van der Waals surface area (Å²) < 4.78 is 33.7. The zero-order valence-electron chi connectivity index (χ0n) is 22.6. The number of benzene rings is 1.